The van der Waals surface area contributed by atoms with E-state index in [2.05, 4.69) is 61.2 Å². The molecule has 6 heteroatoms. The molecule has 1 N–H and O–H groups in total. The van der Waals surface area contributed by atoms with Crippen LogP contribution < -0.4 is 5.32 Å². The van der Waals surface area contributed by atoms with E-state index < -0.39 is 0 Å². The van der Waals surface area contributed by atoms with E-state index in [4.69, 9.17) is 4.98 Å². The zero-order valence-corrected chi connectivity index (χ0v) is 15.8. The van der Waals surface area contributed by atoms with Crippen LogP contribution in [-0.2, 0) is 0 Å². The molecule has 2 aromatic heterocycles. The van der Waals surface area contributed by atoms with Crippen LogP contribution >= 0.6 is 43.2 Å². The molecule has 2 aromatic rings. The largest absolute Gasteiger partial charge is 0.370 e. The lowest BCUT2D eigenvalue weighted by atomic mass is 10.0. The van der Waals surface area contributed by atoms with Crippen molar-refractivity contribution < 1.29 is 0 Å². The molecule has 1 aliphatic rings. The number of anilines is 1. The van der Waals surface area contributed by atoms with Crippen LogP contribution in [0.3, 0.4) is 0 Å². The van der Waals surface area contributed by atoms with E-state index in [0.29, 0.717) is 5.92 Å². The molecule has 21 heavy (non-hydrogen) atoms. The molecule has 0 atom stereocenters. The Morgan fingerprint density at radius 3 is 2.62 bits per heavy atom. The van der Waals surface area contributed by atoms with Crippen LogP contribution in [0.15, 0.2) is 20.4 Å². The molecule has 1 aliphatic carbocycles. The Morgan fingerprint density at radius 1 is 1.24 bits per heavy atom. The molecule has 3 rings (SSSR count). The van der Waals surface area contributed by atoms with Crippen molar-refractivity contribution in [3.8, 4) is 10.7 Å². The number of nitrogens with zero attached hydrogens (tertiary/aromatic N) is 2. The van der Waals surface area contributed by atoms with Crippen molar-refractivity contribution in [3.05, 3.63) is 26.1 Å². The zero-order valence-electron chi connectivity index (χ0n) is 11.8. The number of rotatable bonds is 4. The minimum Gasteiger partial charge on any atom is -0.370 e. The van der Waals surface area contributed by atoms with E-state index in [1.807, 2.05) is 0 Å². The van der Waals surface area contributed by atoms with Crippen molar-refractivity contribution in [2.75, 3.05) is 11.9 Å². The second-order valence-corrected chi connectivity index (χ2v) is 8.47. The number of thiophene rings is 1. The Kier molecular flexibility index (Phi) is 4.96. The summed E-state index contributed by atoms with van der Waals surface area (Å²) >= 11 is 8.75. The fraction of sp³-hybridized carbons (Fsp3) is 0.467. The van der Waals surface area contributed by atoms with Gasteiger partial charge in [0.1, 0.15) is 5.82 Å². The average Bonchev–Trinajstić information content (AvgIpc) is 3.10. The van der Waals surface area contributed by atoms with Crippen molar-refractivity contribution in [1.82, 2.24) is 9.97 Å². The van der Waals surface area contributed by atoms with Crippen LogP contribution in [-0.4, -0.2) is 16.5 Å². The lowest BCUT2D eigenvalue weighted by Crippen LogP contribution is -2.05. The number of nitrogens with one attached hydrogen (secondary N) is 1. The molecule has 0 bridgehead atoms. The standard InChI is InChI=1S/C15H17Br2N3S/c1-2-18-13-8-11(9-5-3-4-6-9)19-15(20-13)12-7-10(16)14(17)21-12/h7-9H,2-6H2,1H3,(H,18,19,20). The molecule has 1 fully saturated rings. The Bertz CT molecular complexity index is 616. The summed E-state index contributed by atoms with van der Waals surface area (Å²) in [4.78, 5) is 10.6. The van der Waals surface area contributed by atoms with Gasteiger partial charge < -0.3 is 5.32 Å². The Morgan fingerprint density at radius 2 is 2.00 bits per heavy atom. The van der Waals surface area contributed by atoms with Gasteiger partial charge >= 0.3 is 0 Å². The maximum Gasteiger partial charge on any atom is 0.171 e. The van der Waals surface area contributed by atoms with Crippen LogP contribution in [0.5, 0.6) is 0 Å². The highest BCUT2D eigenvalue weighted by Crippen LogP contribution is 2.39. The smallest absolute Gasteiger partial charge is 0.171 e. The highest BCUT2D eigenvalue weighted by atomic mass is 79.9. The molecule has 0 spiro atoms. The molecule has 0 amide bonds. The predicted octanol–water partition coefficient (Wildman–Crippen LogP) is 5.82. The maximum atomic E-state index is 4.84. The molecule has 1 saturated carbocycles. The number of hydrogen-bond donors (Lipinski definition) is 1. The summed E-state index contributed by atoms with van der Waals surface area (Å²) in [6.45, 7) is 2.97. The van der Waals surface area contributed by atoms with Gasteiger partial charge in [0.2, 0.25) is 0 Å². The molecular weight excluding hydrogens is 414 g/mol. The van der Waals surface area contributed by atoms with Crippen molar-refractivity contribution in [1.29, 1.82) is 0 Å². The van der Waals surface area contributed by atoms with E-state index in [0.717, 1.165) is 31.3 Å². The Balaban J connectivity index is 2.01. The first-order chi connectivity index (χ1) is 10.2. The Hall–Kier alpha value is -0.460. The zero-order chi connectivity index (χ0) is 14.8. The summed E-state index contributed by atoms with van der Waals surface area (Å²) in [6, 6.07) is 4.21. The molecular formula is C15H17Br2N3S. The lowest BCUT2D eigenvalue weighted by Gasteiger charge is -2.12. The van der Waals surface area contributed by atoms with Crippen molar-refractivity contribution in [2.24, 2.45) is 0 Å². The summed E-state index contributed by atoms with van der Waals surface area (Å²) in [5, 5.41) is 3.33. The molecule has 0 unspecified atom stereocenters. The van der Waals surface area contributed by atoms with Gasteiger partial charge in [0.05, 0.1) is 8.66 Å². The van der Waals surface area contributed by atoms with E-state index in [1.54, 1.807) is 11.3 Å². The quantitative estimate of drug-likeness (QED) is 0.663. The lowest BCUT2D eigenvalue weighted by molar-refractivity contribution is 0.696. The normalized spacial score (nSPS) is 15.6. The van der Waals surface area contributed by atoms with Crippen LogP contribution in [0, 0.1) is 0 Å². The third kappa shape index (κ3) is 3.48. The summed E-state index contributed by atoms with van der Waals surface area (Å²) in [6.07, 6.45) is 5.13. The predicted molar refractivity (Wildman–Crippen MR) is 96.1 cm³/mol. The molecule has 3 nitrogen and oxygen atoms in total. The number of halogens is 2. The number of aromatic nitrogens is 2. The van der Waals surface area contributed by atoms with Crippen LogP contribution in [0.2, 0.25) is 0 Å². The van der Waals surface area contributed by atoms with E-state index in [9.17, 15) is 0 Å². The minimum absolute atomic E-state index is 0.594. The van der Waals surface area contributed by atoms with Crippen LogP contribution in [0.25, 0.3) is 10.7 Å². The molecule has 0 saturated heterocycles. The Labute approximate surface area is 145 Å². The average molecular weight is 431 g/mol. The molecule has 0 radical (unpaired) electrons. The third-order valence-electron chi connectivity index (χ3n) is 3.74. The van der Waals surface area contributed by atoms with Crippen molar-refractivity contribution in [3.63, 3.8) is 0 Å². The SMILES string of the molecule is CCNc1cc(C2CCCC2)nc(-c2cc(Br)c(Br)s2)n1. The second-order valence-electron chi connectivity index (χ2n) is 5.25. The topological polar surface area (TPSA) is 37.8 Å². The molecule has 2 heterocycles. The summed E-state index contributed by atoms with van der Waals surface area (Å²) in [7, 11) is 0. The summed E-state index contributed by atoms with van der Waals surface area (Å²) < 4.78 is 2.14. The number of hydrogen-bond acceptors (Lipinski definition) is 4. The van der Waals surface area contributed by atoms with Gasteiger partial charge in [0.15, 0.2) is 5.82 Å². The fourth-order valence-corrected chi connectivity index (χ4v) is 4.71. The van der Waals surface area contributed by atoms with E-state index in [1.165, 1.54) is 31.4 Å². The van der Waals surface area contributed by atoms with Gasteiger partial charge in [-0.2, -0.15) is 0 Å². The van der Waals surface area contributed by atoms with Crippen molar-refractivity contribution in [2.45, 2.75) is 38.5 Å². The molecule has 112 valence electrons. The van der Waals surface area contributed by atoms with Gasteiger partial charge in [-0.3, -0.25) is 0 Å². The van der Waals surface area contributed by atoms with Crippen molar-refractivity contribution >= 4 is 49.0 Å². The van der Waals surface area contributed by atoms with Gasteiger partial charge in [0.25, 0.3) is 0 Å². The van der Waals surface area contributed by atoms with Gasteiger partial charge in [-0.25, -0.2) is 9.97 Å². The van der Waals surface area contributed by atoms with Gasteiger partial charge in [0, 0.05) is 28.7 Å². The highest BCUT2D eigenvalue weighted by Gasteiger charge is 2.21. The fourth-order valence-electron chi connectivity index (χ4n) is 2.74. The van der Waals surface area contributed by atoms with E-state index in [-0.39, 0.29) is 0 Å². The summed E-state index contributed by atoms with van der Waals surface area (Å²) in [5.41, 5.74) is 1.19. The first-order valence-electron chi connectivity index (χ1n) is 7.25. The monoisotopic (exact) mass is 429 g/mol. The molecule has 0 aliphatic heterocycles. The molecule has 0 aromatic carbocycles. The van der Waals surface area contributed by atoms with Crippen LogP contribution in [0.4, 0.5) is 5.82 Å². The second kappa shape index (κ2) is 6.75. The third-order valence-corrected chi connectivity index (χ3v) is 7.00. The van der Waals surface area contributed by atoms with E-state index >= 15 is 0 Å². The van der Waals surface area contributed by atoms with Gasteiger partial charge in [-0.15, -0.1) is 11.3 Å². The maximum absolute atomic E-state index is 4.84. The van der Waals surface area contributed by atoms with Gasteiger partial charge in [-0.05, 0) is 57.7 Å². The van der Waals surface area contributed by atoms with Crippen LogP contribution in [0.1, 0.15) is 44.2 Å². The first-order valence-corrected chi connectivity index (χ1v) is 9.65. The first kappa shape index (κ1) is 15.4. The van der Waals surface area contributed by atoms with Gasteiger partial charge in [-0.1, -0.05) is 12.8 Å². The minimum atomic E-state index is 0.594. The highest BCUT2D eigenvalue weighted by molar-refractivity contribution is 9.13. The summed E-state index contributed by atoms with van der Waals surface area (Å²) in [5.74, 6) is 2.35.